The van der Waals surface area contributed by atoms with Crippen LogP contribution in [-0.4, -0.2) is 53.1 Å². The molecule has 0 aromatic carbocycles. The first-order valence-electron chi connectivity index (χ1n) is 7.76. The first-order chi connectivity index (χ1) is 10.7. The topological polar surface area (TPSA) is 89.3 Å². The van der Waals surface area contributed by atoms with Gasteiger partial charge in [0.2, 0.25) is 0 Å². The van der Waals surface area contributed by atoms with Gasteiger partial charge in [-0.3, -0.25) is 9.59 Å². The molecule has 2 heterocycles. The molecule has 0 atom stereocenters. The molecule has 7 nitrogen and oxygen atoms in total. The molecule has 1 aromatic rings. The zero-order chi connectivity index (χ0) is 17.2. The predicted octanol–water partition coefficient (Wildman–Crippen LogP) is 0.456. The Balaban J connectivity index is 2.02. The number of carbonyl (C=O) groups excluding carboxylic acids is 1. The molecule has 0 unspecified atom stereocenters. The molecule has 1 aliphatic rings. The second kappa shape index (κ2) is 6.82. The van der Waals surface area contributed by atoms with E-state index < -0.39 is 9.84 Å². The first kappa shape index (κ1) is 17.7. The van der Waals surface area contributed by atoms with E-state index in [0.29, 0.717) is 25.9 Å². The van der Waals surface area contributed by atoms with E-state index in [1.54, 1.807) is 4.90 Å². The van der Waals surface area contributed by atoms with E-state index in [0.717, 1.165) is 4.68 Å². The number of hydrogen-bond donors (Lipinski definition) is 0. The van der Waals surface area contributed by atoms with E-state index in [1.807, 2.05) is 13.8 Å². The van der Waals surface area contributed by atoms with Crippen molar-refractivity contribution in [3.63, 3.8) is 0 Å². The summed E-state index contributed by atoms with van der Waals surface area (Å²) >= 11 is 0. The van der Waals surface area contributed by atoms with Crippen LogP contribution in [0.1, 0.15) is 37.2 Å². The van der Waals surface area contributed by atoms with Gasteiger partial charge >= 0.3 is 0 Å². The van der Waals surface area contributed by atoms with Crippen LogP contribution >= 0.6 is 0 Å². The van der Waals surface area contributed by atoms with Crippen LogP contribution in [0.15, 0.2) is 16.9 Å². The molecule has 0 aliphatic carbocycles. The summed E-state index contributed by atoms with van der Waals surface area (Å²) in [5, 5.41) is 3.58. The largest absolute Gasteiger partial charge is 0.337 e. The van der Waals surface area contributed by atoms with Crippen LogP contribution in [-0.2, 0) is 16.9 Å². The van der Waals surface area contributed by atoms with Crippen molar-refractivity contribution >= 4 is 15.7 Å². The predicted molar refractivity (Wildman–Crippen MR) is 87.0 cm³/mol. The number of likely N-dealkylation sites (tertiary alicyclic amines) is 1. The molecule has 23 heavy (non-hydrogen) atoms. The lowest BCUT2D eigenvalue weighted by atomic mass is 10.1. The Hall–Kier alpha value is -1.70. The smallest absolute Gasteiger partial charge is 0.274 e. The number of hydrogen-bond acceptors (Lipinski definition) is 5. The molecular weight excluding hydrogens is 318 g/mol. The normalized spacial score (nSPS) is 16.8. The van der Waals surface area contributed by atoms with Crippen LogP contribution in [0.5, 0.6) is 0 Å². The first-order valence-corrected chi connectivity index (χ1v) is 9.47. The fourth-order valence-electron chi connectivity index (χ4n) is 2.80. The van der Waals surface area contributed by atoms with E-state index >= 15 is 0 Å². The van der Waals surface area contributed by atoms with Gasteiger partial charge in [-0.15, -0.1) is 0 Å². The van der Waals surface area contributed by atoms with Gasteiger partial charge in [0.15, 0.2) is 9.84 Å². The lowest BCUT2D eigenvalue weighted by Gasteiger charge is -2.31. The summed E-state index contributed by atoms with van der Waals surface area (Å²) in [6.07, 6.45) is 0.902. The summed E-state index contributed by atoms with van der Waals surface area (Å²) in [5.41, 5.74) is -0.0735. The van der Waals surface area contributed by atoms with Crippen LogP contribution in [0.3, 0.4) is 0 Å². The number of carbonyl (C=O) groups is 1. The van der Waals surface area contributed by atoms with Crippen molar-refractivity contribution in [2.45, 2.75) is 31.9 Å². The molecule has 8 heteroatoms. The number of amides is 1. The molecule has 1 fully saturated rings. The average Bonchev–Trinajstić information content (AvgIpc) is 2.48. The third kappa shape index (κ3) is 4.19. The molecule has 0 bridgehead atoms. The highest BCUT2D eigenvalue weighted by Crippen LogP contribution is 2.21. The number of aromatic nitrogens is 2. The van der Waals surface area contributed by atoms with Crippen LogP contribution in [0.4, 0.5) is 0 Å². The van der Waals surface area contributed by atoms with Crippen LogP contribution in [0.2, 0.25) is 0 Å². The second-order valence-corrected chi connectivity index (χ2v) is 8.72. The summed E-state index contributed by atoms with van der Waals surface area (Å²) in [6.45, 7) is 4.57. The van der Waals surface area contributed by atoms with Crippen molar-refractivity contribution < 1.29 is 13.2 Å². The van der Waals surface area contributed by atoms with Crippen molar-refractivity contribution in [2.24, 2.45) is 13.0 Å². The summed E-state index contributed by atoms with van der Waals surface area (Å²) in [6, 6.07) is 2.71. The van der Waals surface area contributed by atoms with Gasteiger partial charge in [0.25, 0.3) is 11.5 Å². The number of piperidine rings is 1. The van der Waals surface area contributed by atoms with Crippen LogP contribution in [0.25, 0.3) is 0 Å². The third-order valence-electron chi connectivity index (χ3n) is 3.98. The lowest BCUT2D eigenvalue weighted by Crippen LogP contribution is -2.44. The van der Waals surface area contributed by atoms with Crippen molar-refractivity contribution in [1.29, 1.82) is 0 Å². The zero-order valence-electron chi connectivity index (χ0n) is 13.7. The van der Waals surface area contributed by atoms with E-state index in [2.05, 4.69) is 5.10 Å². The fourth-order valence-corrected chi connectivity index (χ4v) is 4.93. The molecule has 1 saturated heterocycles. The summed E-state index contributed by atoms with van der Waals surface area (Å²) < 4.78 is 25.7. The fraction of sp³-hybridized carbons (Fsp3) is 0.667. The molecule has 0 radical (unpaired) electrons. The highest BCUT2D eigenvalue weighted by Gasteiger charge is 2.32. The number of rotatable bonds is 4. The quantitative estimate of drug-likeness (QED) is 0.793. The minimum absolute atomic E-state index is 0.106. The Bertz CT molecular complexity index is 731. The van der Waals surface area contributed by atoms with Crippen molar-refractivity contribution in [1.82, 2.24) is 14.7 Å². The summed E-state index contributed by atoms with van der Waals surface area (Å²) in [7, 11) is -1.62. The number of sulfone groups is 1. The Labute approximate surface area is 136 Å². The maximum Gasteiger partial charge on any atom is 0.274 e. The van der Waals surface area contributed by atoms with Crippen molar-refractivity contribution in [3.05, 3.63) is 28.2 Å². The number of aryl methyl sites for hydroxylation is 1. The van der Waals surface area contributed by atoms with Gasteiger partial charge in [-0.25, -0.2) is 13.1 Å². The SMILES string of the molecule is CC(C)CS(=O)(=O)C1CCN(C(=O)c2ccc(=O)n(C)n2)CC1. The minimum atomic E-state index is -3.11. The maximum absolute atomic E-state index is 12.4. The summed E-state index contributed by atoms with van der Waals surface area (Å²) in [5.74, 6) is 0.0308. The molecule has 0 spiro atoms. The van der Waals surface area contributed by atoms with Gasteiger partial charge < -0.3 is 4.90 Å². The molecular formula is C15H23N3O4S. The highest BCUT2D eigenvalue weighted by molar-refractivity contribution is 7.92. The van der Waals surface area contributed by atoms with E-state index in [9.17, 15) is 18.0 Å². The van der Waals surface area contributed by atoms with E-state index in [4.69, 9.17) is 0 Å². The Kier molecular flexibility index (Phi) is 5.23. The average molecular weight is 341 g/mol. The molecule has 2 rings (SSSR count). The van der Waals surface area contributed by atoms with E-state index in [-0.39, 0.29) is 34.1 Å². The molecule has 0 N–H and O–H groups in total. The number of nitrogens with zero attached hydrogens (tertiary/aromatic N) is 3. The van der Waals surface area contributed by atoms with Crippen LogP contribution < -0.4 is 5.56 Å². The van der Waals surface area contributed by atoms with Gasteiger partial charge in [-0.05, 0) is 24.8 Å². The van der Waals surface area contributed by atoms with Gasteiger partial charge in [0.05, 0.1) is 11.0 Å². The van der Waals surface area contributed by atoms with Gasteiger partial charge in [-0.1, -0.05) is 13.8 Å². The standard InChI is InChI=1S/C15H23N3O4S/c1-11(2)10-23(21,22)12-6-8-18(9-7-12)15(20)13-4-5-14(19)17(3)16-13/h4-5,11-12H,6-10H2,1-3H3. The van der Waals surface area contributed by atoms with Gasteiger partial charge in [0, 0.05) is 26.2 Å². The maximum atomic E-state index is 12.4. The molecule has 0 saturated carbocycles. The highest BCUT2D eigenvalue weighted by atomic mass is 32.2. The van der Waals surface area contributed by atoms with E-state index in [1.165, 1.54) is 19.2 Å². The zero-order valence-corrected chi connectivity index (χ0v) is 14.5. The Morgan fingerprint density at radius 3 is 2.43 bits per heavy atom. The monoisotopic (exact) mass is 341 g/mol. The molecule has 1 aliphatic heterocycles. The molecule has 1 aromatic heterocycles. The van der Waals surface area contributed by atoms with Crippen molar-refractivity contribution in [2.75, 3.05) is 18.8 Å². The molecule has 1 amide bonds. The Morgan fingerprint density at radius 2 is 1.91 bits per heavy atom. The van der Waals surface area contributed by atoms with Gasteiger partial charge in [0.1, 0.15) is 5.69 Å². The van der Waals surface area contributed by atoms with Gasteiger partial charge in [-0.2, -0.15) is 5.10 Å². The van der Waals surface area contributed by atoms with Crippen molar-refractivity contribution in [3.8, 4) is 0 Å². The minimum Gasteiger partial charge on any atom is -0.337 e. The lowest BCUT2D eigenvalue weighted by molar-refractivity contribution is 0.0717. The van der Waals surface area contributed by atoms with Crippen LogP contribution in [0, 0.1) is 5.92 Å². The third-order valence-corrected chi connectivity index (χ3v) is 6.60. The molecule has 128 valence electrons. The second-order valence-electron chi connectivity index (χ2n) is 6.40. The Morgan fingerprint density at radius 1 is 1.30 bits per heavy atom. The summed E-state index contributed by atoms with van der Waals surface area (Å²) in [4.78, 5) is 25.3.